The van der Waals surface area contributed by atoms with Crippen molar-refractivity contribution in [3.05, 3.63) is 28.7 Å². The van der Waals surface area contributed by atoms with Gasteiger partial charge in [0.2, 0.25) is 11.7 Å². The average Bonchev–Trinajstić information content (AvgIpc) is 2.89. The van der Waals surface area contributed by atoms with E-state index in [1.165, 1.54) is 0 Å². The highest BCUT2D eigenvalue weighted by Crippen LogP contribution is 2.31. The van der Waals surface area contributed by atoms with Crippen LogP contribution in [0.4, 0.5) is 0 Å². The van der Waals surface area contributed by atoms with Gasteiger partial charge in [-0.2, -0.15) is 4.98 Å². The zero-order chi connectivity index (χ0) is 13.2. The molecule has 6 heteroatoms. The van der Waals surface area contributed by atoms with Gasteiger partial charge in [-0.15, -0.1) is 0 Å². The van der Waals surface area contributed by atoms with Crippen LogP contribution in [-0.2, 0) is 4.79 Å². The number of hydrogen-bond donors (Lipinski definition) is 0. The first-order valence-electron chi connectivity index (χ1n) is 6.20. The molecule has 5 nitrogen and oxygen atoms in total. The molecule has 0 spiro atoms. The zero-order valence-electron chi connectivity index (χ0n) is 10.2. The normalized spacial score (nSPS) is 16.8. The number of nitrogens with zero attached hydrogens (tertiary/aromatic N) is 3. The molecule has 0 aromatic carbocycles. The summed E-state index contributed by atoms with van der Waals surface area (Å²) in [5, 5.41) is 3.98. The van der Waals surface area contributed by atoms with E-state index in [2.05, 4.69) is 31.1 Å². The fourth-order valence-corrected chi connectivity index (χ4v) is 2.67. The molecule has 2 aromatic heterocycles. The van der Waals surface area contributed by atoms with E-state index >= 15 is 0 Å². The van der Waals surface area contributed by atoms with E-state index < -0.39 is 0 Å². The Morgan fingerprint density at radius 1 is 1.32 bits per heavy atom. The molecule has 0 radical (unpaired) electrons. The van der Waals surface area contributed by atoms with Gasteiger partial charge in [0.25, 0.3) is 0 Å². The van der Waals surface area contributed by atoms with Crippen LogP contribution in [0.5, 0.6) is 0 Å². The summed E-state index contributed by atoms with van der Waals surface area (Å²) in [5.41, 5.74) is 0.671. The van der Waals surface area contributed by atoms with Crippen LogP contribution in [0, 0.1) is 0 Å². The third-order valence-corrected chi connectivity index (χ3v) is 3.94. The Bertz CT molecular complexity index is 601. The summed E-state index contributed by atoms with van der Waals surface area (Å²) >= 11 is 3.42. The summed E-state index contributed by atoms with van der Waals surface area (Å²) in [6.45, 7) is 0. The Morgan fingerprint density at radius 2 is 2.11 bits per heavy atom. The smallest absolute Gasteiger partial charge is 0.230 e. The van der Waals surface area contributed by atoms with Gasteiger partial charge in [-0.05, 0) is 40.9 Å². The van der Waals surface area contributed by atoms with Crippen LogP contribution in [0.3, 0.4) is 0 Å². The lowest BCUT2D eigenvalue weighted by Crippen LogP contribution is -2.12. The predicted molar refractivity (Wildman–Crippen MR) is 71.4 cm³/mol. The average molecular weight is 322 g/mol. The van der Waals surface area contributed by atoms with E-state index in [-0.39, 0.29) is 5.92 Å². The van der Waals surface area contributed by atoms with Crippen molar-refractivity contribution in [3.63, 3.8) is 0 Å². The minimum atomic E-state index is 0.196. The lowest BCUT2D eigenvalue weighted by Gasteiger charge is -2.16. The summed E-state index contributed by atoms with van der Waals surface area (Å²) in [6.07, 6.45) is 4.49. The van der Waals surface area contributed by atoms with Crippen molar-refractivity contribution in [2.45, 2.75) is 31.6 Å². The third-order valence-electron chi connectivity index (χ3n) is 3.30. The fraction of sp³-hybridized carbons (Fsp3) is 0.385. The topological polar surface area (TPSA) is 68.9 Å². The maximum absolute atomic E-state index is 11.2. The lowest BCUT2D eigenvalue weighted by atomic mass is 9.88. The van der Waals surface area contributed by atoms with Crippen LogP contribution in [0.1, 0.15) is 37.5 Å². The van der Waals surface area contributed by atoms with Gasteiger partial charge in [0, 0.05) is 29.4 Å². The molecule has 1 fully saturated rings. The number of aromatic nitrogens is 3. The maximum atomic E-state index is 11.2. The van der Waals surface area contributed by atoms with Gasteiger partial charge in [-0.3, -0.25) is 9.78 Å². The van der Waals surface area contributed by atoms with Gasteiger partial charge in [0.1, 0.15) is 11.5 Å². The first-order chi connectivity index (χ1) is 9.24. The Balaban J connectivity index is 1.84. The lowest BCUT2D eigenvalue weighted by molar-refractivity contribution is -0.120. The van der Waals surface area contributed by atoms with Crippen LogP contribution in [0.25, 0.3) is 11.5 Å². The van der Waals surface area contributed by atoms with Crippen molar-refractivity contribution in [2.24, 2.45) is 0 Å². The van der Waals surface area contributed by atoms with Gasteiger partial charge in [-0.25, -0.2) is 0 Å². The summed E-state index contributed by atoms with van der Waals surface area (Å²) in [4.78, 5) is 19.9. The summed E-state index contributed by atoms with van der Waals surface area (Å²) in [7, 11) is 0. The first kappa shape index (κ1) is 12.5. The number of rotatable bonds is 2. The molecule has 1 aliphatic carbocycles. The minimum absolute atomic E-state index is 0.196. The number of halogens is 1. The SMILES string of the molecule is O=C1CCC(c2nc(-c3ncccc3Br)no2)CC1. The molecular formula is C13H12BrN3O2. The van der Waals surface area contributed by atoms with E-state index in [0.717, 1.165) is 17.3 Å². The van der Waals surface area contributed by atoms with Gasteiger partial charge >= 0.3 is 0 Å². The highest BCUT2D eigenvalue weighted by atomic mass is 79.9. The Labute approximate surface area is 118 Å². The molecule has 0 bridgehead atoms. The molecule has 0 unspecified atom stereocenters. The highest BCUT2D eigenvalue weighted by Gasteiger charge is 2.25. The van der Waals surface area contributed by atoms with Crippen LogP contribution >= 0.6 is 15.9 Å². The van der Waals surface area contributed by atoms with Crippen molar-refractivity contribution in [1.82, 2.24) is 15.1 Å². The van der Waals surface area contributed by atoms with Gasteiger partial charge in [0.05, 0.1) is 0 Å². The van der Waals surface area contributed by atoms with Crippen molar-refractivity contribution < 1.29 is 9.32 Å². The standard InChI is InChI=1S/C13H12BrN3O2/c14-10-2-1-7-15-11(10)12-16-13(19-17-12)8-3-5-9(18)6-4-8/h1-2,7-8H,3-6H2. The maximum Gasteiger partial charge on any atom is 0.230 e. The van der Waals surface area contributed by atoms with Gasteiger partial charge in [-0.1, -0.05) is 5.16 Å². The van der Waals surface area contributed by atoms with Crippen molar-refractivity contribution in [2.75, 3.05) is 0 Å². The highest BCUT2D eigenvalue weighted by molar-refractivity contribution is 9.10. The number of carbonyl (C=O) groups is 1. The summed E-state index contributed by atoms with van der Waals surface area (Å²) in [5.74, 6) is 1.62. The van der Waals surface area contributed by atoms with Crippen molar-refractivity contribution in [3.8, 4) is 11.5 Å². The largest absolute Gasteiger partial charge is 0.339 e. The molecule has 1 aliphatic rings. The second-order valence-electron chi connectivity index (χ2n) is 4.60. The molecule has 3 rings (SSSR count). The molecule has 19 heavy (non-hydrogen) atoms. The first-order valence-corrected chi connectivity index (χ1v) is 6.99. The van der Waals surface area contributed by atoms with E-state index in [1.54, 1.807) is 6.20 Å². The molecule has 0 aliphatic heterocycles. The fourth-order valence-electron chi connectivity index (χ4n) is 2.23. The number of hydrogen-bond acceptors (Lipinski definition) is 5. The quantitative estimate of drug-likeness (QED) is 0.850. The van der Waals surface area contributed by atoms with Crippen molar-refractivity contribution >= 4 is 21.7 Å². The van der Waals surface area contributed by atoms with E-state index in [4.69, 9.17) is 4.52 Å². The van der Waals surface area contributed by atoms with Crippen molar-refractivity contribution in [1.29, 1.82) is 0 Å². The monoisotopic (exact) mass is 321 g/mol. The van der Waals surface area contributed by atoms with E-state index in [0.29, 0.717) is 36.0 Å². The van der Waals surface area contributed by atoms with Crippen LogP contribution in [0.2, 0.25) is 0 Å². The number of Topliss-reactive ketones (excluding diaryl/α,β-unsaturated/α-hetero) is 1. The second kappa shape index (κ2) is 5.21. The third kappa shape index (κ3) is 2.58. The number of carbonyl (C=O) groups excluding carboxylic acids is 1. The summed E-state index contributed by atoms with van der Waals surface area (Å²) in [6, 6.07) is 3.72. The van der Waals surface area contributed by atoms with E-state index in [1.807, 2.05) is 12.1 Å². The minimum Gasteiger partial charge on any atom is -0.339 e. The molecule has 2 aromatic rings. The molecule has 0 atom stereocenters. The van der Waals surface area contributed by atoms with Crippen LogP contribution in [-0.4, -0.2) is 20.9 Å². The van der Waals surface area contributed by atoms with Gasteiger partial charge < -0.3 is 4.52 Å². The Morgan fingerprint density at radius 3 is 2.84 bits per heavy atom. The van der Waals surface area contributed by atoms with Crippen LogP contribution < -0.4 is 0 Å². The van der Waals surface area contributed by atoms with E-state index in [9.17, 15) is 4.79 Å². The Hall–Kier alpha value is -1.56. The predicted octanol–water partition coefficient (Wildman–Crippen LogP) is 3.12. The molecule has 0 saturated heterocycles. The number of ketones is 1. The zero-order valence-corrected chi connectivity index (χ0v) is 11.8. The molecule has 98 valence electrons. The van der Waals surface area contributed by atoms with Crippen LogP contribution in [0.15, 0.2) is 27.3 Å². The molecule has 2 heterocycles. The second-order valence-corrected chi connectivity index (χ2v) is 5.46. The Kier molecular flexibility index (Phi) is 3.42. The molecular weight excluding hydrogens is 310 g/mol. The molecule has 0 amide bonds. The molecule has 0 N–H and O–H groups in total. The van der Waals surface area contributed by atoms with Gasteiger partial charge in [0.15, 0.2) is 0 Å². The summed E-state index contributed by atoms with van der Waals surface area (Å²) < 4.78 is 6.15. The molecule has 1 saturated carbocycles. The number of pyridine rings is 1.